The van der Waals surface area contributed by atoms with Crippen LogP contribution in [0.15, 0.2) is 60.7 Å². The van der Waals surface area contributed by atoms with Gasteiger partial charge < -0.3 is 25.3 Å². The van der Waals surface area contributed by atoms with E-state index in [9.17, 15) is 9.90 Å². The van der Waals surface area contributed by atoms with Crippen molar-refractivity contribution in [1.29, 1.82) is 0 Å². The number of hydrogen-bond donors (Lipinski definition) is 4. The molecule has 0 saturated carbocycles. The lowest BCUT2D eigenvalue weighted by Crippen LogP contribution is -2.27. The fourth-order valence-electron chi connectivity index (χ4n) is 3.90. The molecule has 0 bridgehead atoms. The highest BCUT2D eigenvalue weighted by Gasteiger charge is 2.12. The van der Waals surface area contributed by atoms with Gasteiger partial charge in [0.25, 0.3) is 5.91 Å². The summed E-state index contributed by atoms with van der Waals surface area (Å²) in [4.78, 5) is 30.6. The van der Waals surface area contributed by atoms with E-state index >= 15 is 0 Å². The third-order valence-corrected chi connectivity index (χ3v) is 5.71. The number of H-pyrrole nitrogens is 2. The fourth-order valence-corrected chi connectivity index (χ4v) is 3.90. The van der Waals surface area contributed by atoms with E-state index in [4.69, 9.17) is 4.98 Å². The Hall–Kier alpha value is -4.17. The molecule has 0 aliphatic rings. The Morgan fingerprint density at radius 2 is 1.50 bits per heavy atom. The maximum Gasteiger partial charge on any atom is 0.251 e. The largest absolute Gasteiger partial charge is 0.508 e. The molecular weight excluding hydrogens is 428 g/mol. The lowest BCUT2D eigenvalue weighted by atomic mass is 10.2. The van der Waals surface area contributed by atoms with Gasteiger partial charge >= 0.3 is 0 Å². The van der Waals surface area contributed by atoms with Crippen LogP contribution in [0.5, 0.6) is 5.75 Å². The summed E-state index contributed by atoms with van der Waals surface area (Å²) in [5.41, 5.74) is 5.76. The zero-order valence-electron chi connectivity index (χ0n) is 19.1. The number of rotatable bonds is 7. The topological polar surface area (TPSA) is 110 Å². The quantitative estimate of drug-likeness (QED) is 0.276. The van der Waals surface area contributed by atoms with Crippen molar-refractivity contribution < 1.29 is 9.90 Å². The first-order valence-electron chi connectivity index (χ1n) is 11.2. The van der Waals surface area contributed by atoms with E-state index in [-0.39, 0.29) is 11.7 Å². The summed E-state index contributed by atoms with van der Waals surface area (Å²) < 4.78 is 0. The normalized spacial score (nSPS) is 11.5. The number of aromatic nitrogens is 4. The van der Waals surface area contributed by atoms with E-state index < -0.39 is 0 Å². The number of hydrogen-bond acceptors (Lipinski definition) is 5. The third-order valence-electron chi connectivity index (χ3n) is 5.71. The van der Waals surface area contributed by atoms with Crippen LogP contribution in [-0.2, 0) is 0 Å². The maximum absolute atomic E-state index is 12.5. The predicted molar refractivity (Wildman–Crippen MR) is 134 cm³/mol. The maximum atomic E-state index is 12.5. The number of aromatic amines is 2. The SMILES string of the molecule is CN(C)CCCNC(=O)c1ccc2nc(-c3ccc4nc(-c5ccc(O)cc5)[nH]c4c3)[nH]c2c1. The zero-order valence-corrected chi connectivity index (χ0v) is 19.1. The Bertz CT molecular complexity index is 1470. The second kappa shape index (κ2) is 8.99. The molecule has 8 heteroatoms. The summed E-state index contributed by atoms with van der Waals surface area (Å²) >= 11 is 0. The summed E-state index contributed by atoms with van der Waals surface area (Å²) in [5.74, 6) is 1.59. The minimum Gasteiger partial charge on any atom is -0.508 e. The number of nitrogens with zero attached hydrogens (tertiary/aromatic N) is 3. The molecule has 0 aliphatic carbocycles. The van der Waals surface area contributed by atoms with Crippen LogP contribution in [0, 0.1) is 0 Å². The zero-order chi connectivity index (χ0) is 23.7. The molecule has 3 aromatic carbocycles. The summed E-state index contributed by atoms with van der Waals surface area (Å²) in [6.45, 7) is 1.57. The fraction of sp³-hybridized carbons (Fsp3) is 0.192. The van der Waals surface area contributed by atoms with Crippen LogP contribution < -0.4 is 5.32 Å². The van der Waals surface area contributed by atoms with Crippen LogP contribution in [0.1, 0.15) is 16.8 Å². The highest BCUT2D eigenvalue weighted by Crippen LogP contribution is 2.27. The molecule has 0 spiro atoms. The molecule has 2 heterocycles. The summed E-state index contributed by atoms with van der Waals surface area (Å²) in [5, 5.41) is 12.5. The molecule has 0 unspecified atom stereocenters. The molecule has 8 nitrogen and oxygen atoms in total. The lowest BCUT2D eigenvalue weighted by molar-refractivity contribution is 0.0952. The van der Waals surface area contributed by atoms with E-state index in [1.165, 1.54) is 0 Å². The average Bonchev–Trinajstić information content (AvgIpc) is 3.45. The van der Waals surface area contributed by atoms with Crippen molar-refractivity contribution in [2.24, 2.45) is 0 Å². The van der Waals surface area contributed by atoms with Crippen molar-refractivity contribution >= 4 is 28.0 Å². The second-order valence-electron chi connectivity index (χ2n) is 8.59. The average molecular weight is 455 g/mol. The van der Waals surface area contributed by atoms with Crippen molar-refractivity contribution in [3.63, 3.8) is 0 Å². The van der Waals surface area contributed by atoms with Gasteiger partial charge in [0.05, 0.1) is 22.1 Å². The molecule has 0 aliphatic heterocycles. The van der Waals surface area contributed by atoms with Crippen LogP contribution in [0.4, 0.5) is 0 Å². The summed E-state index contributed by atoms with van der Waals surface area (Å²) in [6, 6.07) is 18.4. The Morgan fingerprint density at radius 3 is 2.21 bits per heavy atom. The van der Waals surface area contributed by atoms with E-state index in [2.05, 4.69) is 25.2 Å². The number of aromatic hydroxyl groups is 1. The van der Waals surface area contributed by atoms with Crippen molar-refractivity contribution in [1.82, 2.24) is 30.2 Å². The van der Waals surface area contributed by atoms with Gasteiger partial charge in [-0.1, -0.05) is 0 Å². The van der Waals surface area contributed by atoms with Crippen LogP contribution >= 0.6 is 0 Å². The summed E-state index contributed by atoms with van der Waals surface area (Å²) in [6.07, 6.45) is 0.903. The Morgan fingerprint density at radius 1 is 0.882 bits per heavy atom. The smallest absolute Gasteiger partial charge is 0.251 e. The first kappa shape index (κ1) is 21.7. The van der Waals surface area contributed by atoms with Gasteiger partial charge in [-0.05, 0) is 87.7 Å². The number of nitrogens with one attached hydrogen (secondary N) is 3. The van der Waals surface area contributed by atoms with Crippen LogP contribution in [0.25, 0.3) is 44.8 Å². The number of phenols is 1. The van der Waals surface area contributed by atoms with Gasteiger partial charge in [0.2, 0.25) is 0 Å². The minimum absolute atomic E-state index is 0.0857. The lowest BCUT2D eigenvalue weighted by Gasteiger charge is -2.09. The predicted octanol–water partition coefficient (Wildman–Crippen LogP) is 4.16. The number of benzene rings is 3. The number of imidazole rings is 2. The molecule has 1 amide bonds. The van der Waals surface area contributed by atoms with Crippen LogP contribution in [-0.4, -0.2) is 63.0 Å². The molecule has 172 valence electrons. The molecule has 0 radical (unpaired) electrons. The number of phenolic OH excluding ortho intramolecular Hbond substituents is 1. The highest BCUT2D eigenvalue weighted by atomic mass is 16.3. The highest BCUT2D eigenvalue weighted by molar-refractivity contribution is 5.97. The van der Waals surface area contributed by atoms with Gasteiger partial charge in [-0.15, -0.1) is 0 Å². The Labute approximate surface area is 196 Å². The molecule has 0 saturated heterocycles. The molecular formula is C26H26N6O2. The third kappa shape index (κ3) is 4.49. The first-order chi connectivity index (χ1) is 16.5. The van der Waals surface area contributed by atoms with Gasteiger partial charge in [0.15, 0.2) is 0 Å². The van der Waals surface area contributed by atoms with Gasteiger partial charge in [-0.2, -0.15) is 0 Å². The molecule has 2 aromatic heterocycles. The molecule has 34 heavy (non-hydrogen) atoms. The Balaban J connectivity index is 1.37. The van der Waals surface area contributed by atoms with Gasteiger partial charge in [0.1, 0.15) is 17.4 Å². The molecule has 0 atom stereocenters. The molecule has 4 N–H and O–H groups in total. The standard InChI is InChI=1S/C26H26N6O2/c1-32(2)13-3-12-27-26(34)18-7-11-21-23(15-18)31-25(29-21)17-6-10-20-22(14-17)30-24(28-20)16-4-8-19(33)9-5-16/h4-11,14-15,33H,3,12-13H2,1-2H3,(H,27,34)(H,28,30)(H,29,31). The molecule has 0 fully saturated rings. The number of carbonyl (C=O) groups is 1. The van der Waals surface area contributed by atoms with E-state index in [1.54, 1.807) is 18.2 Å². The first-order valence-corrected chi connectivity index (χ1v) is 11.2. The van der Waals surface area contributed by atoms with E-state index in [0.29, 0.717) is 12.1 Å². The van der Waals surface area contributed by atoms with Crippen molar-refractivity contribution in [3.8, 4) is 28.5 Å². The van der Waals surface area contributed by atoms with E-state index in [0.717, 1.165) is 57.8 Å². The minimum atomic E-state index is -0.0857. The monoisotopic (exact) mass is 454 g/mol. The van der Waals surface area contributed by atoms with Gasteiger partial charge in [-0.3, -0.25) is 4.79 Å². The van der Waals surface area contributed by atoms with Crippen LogP contribution in [0.2, 0.25) is 0 Å². The van der Waals surface area contributed by atoms with Gasteiger partial charge in [-0.25, -0.2) is 9.97 Å². The van der Waals surface area contributed by atoms with E-state index in [1.807, 2.05) is 56.6 Å². The van der Waals surface area contributed by atoms with Crippen LogP contribution in [0.3, 0.4) is 0 Å². The second-order valence-corrected chi connectivity index (χ2v) is 8.59. The van der Waals surface area contributed by atoms with Crippen molar-refractivity contribution in [2.75, 3.05) is 27.2 Å². The van der Waals surface area contributed by atoms with Crippen molar-refractivity contribution in [2.45, 2.75) is 6.42 Å². The number of carbonyl (C=O) groups excluding carboxylic acids is 1. The summed E-state index contributed by atoms with van der Waals surface area (Å²) in [7, 11) is 4.04. The molecule has 5 rings (SSSR count). The Kier molecular flexibility index (Phi) is 5.73. The number of fused-ring (bicyclic) bond motifs is 2. The van der Waals surface area contributed by atoms with Crippen molar-refractivity contribution in [3.05, 3.63) is 66.2 Å². The molecule has 5 aromatic rings. The number of amides is 1. The van der Waals surface area contributed by atoms with Gasteiger partial charge in [0, 0.05) is 23.2 Å².